The van der Waals surface area contributed by atoms with Crippen molar-refractivity contribution in [2.24, 2.45) is 11.1 Å². The maximum atomic E-state index is 12.8. The van der Waals surface area contributed by atoms with E-state index in [0.29, 0.717) is 5.56 Å². The molecule has 0 spiro atoms. The van der Waals surface area contributed by atoms with Gasteiger partial charge >= 0.3 is 0 Å². The van der Waals surface area contributed by atoms with Crippen molar-refractivity contribution < 1.29 is 14.0 Å². The summed E-state index contributed by atoms with van der Waals surface area (Å²) < 4.78 is 12.8. The predicted octanol–water partition coefficient (Wildman–Crippen LogP) is 1.61. The van der Waals surface area contributed by atoms with Gasteiger partial charge in [0, 0.05) is 19.0 Å². The van der Waals surface area contributed by atoms with Crippen molar-refractivity contribution in [1.82, 2.24) is 4.90 Å². The second kappa shape index (κ2) is 4.74. The zero-order valence-corrected chi connectivity index (χ0v) is 11.0. The fraction of sp³-hybridized carbons (Fsp3) is 0.429. The number of carbonyl (C=O) groups excluding carboxylic acids is 2. The number of amides is 2. The summed E-state index contributed by atoms with van der Waals surface area (Å²) in [6, 6.07) is 5.26. The summed E-state index contributed by atoms with van der Waals surface area (Å²) >= 11 is 0. The minimum atomic E-state index is -0.653. The molecule has 0 radical (unpaired) electrons. The fourth-order valence-corrected chi connectivity index (χ4v) is 2.22. The van der Waals surface area contributed by atoms with Crippen molar-refractivity contribution in [3.05, 3.63) is 35.6 Å². The lowest BCUT2D eigenvalue weighted by atomic mass is 9.92. The van der Waals surface area contributed by atoms with Crippen LogP contribution in [0.3, 0.4) is 0 Å². The van der Waals surface area contributed by atoms with Crippen LogP contribution in [0.1, 0.15) is 31.9 Å². The van der Waals surface area contributed by atoms with Crippen molar-refractivity contribution in [1.29, 1.82) is 0 Å². The molecule has 1 aromatic rings. The second-order valence-corrected chi connectivity index (χ2v) is 5.53. The molecule has 0 saturated carbocycles. The number of hydrogen-bond acceptors (Lipinski definition) is 3. The first kappa shape index (κ1) is 13.7. The Balaban J connectivity index is 2.11. The molecule has 2 N–H and O–H groups in total. The van der Waals surface area contributed by atoms with E-state index < -0.39 is 11.5 Å². The normalized spacial score (nSPS) is 19.9. The summed E-state index contributed by atoms with van der Waals surface area (Å²) in [5.41, 5.74) is 6.02. The first-order valence-electron chi connectivity index (χ1n) is 6.17. The molecule has 0 bridgehead atoms. The summed E-state index contributed by atoms with van der Waals surface area (Å²) in [5, 5.41) is 0. The van der Waals surface area contributed by atoms with Crippen LogP contribution in [-0.4, -0.2) is 23.3 Å². The van der Waals surface area contributed by atoms with E-state index in [1.165, 1.54) is 17.0 Å². The van der Waals surface area contributed by atoms with Gasteiger partial charge in [-0.3, -0.25) is 14.5 Å². The SMILES string of the molecule is CC1(C)CC(=O)N(CC(N)c2ccc(F)cc2)C1=O. The summed E-state index contributed by atoms with van der Waals surface area (Å²) in [5.74, 6) is -0.743. The van der Waals surface area contributed by atoms with Crippen LogP contribution in [0.25, 0.3) is 0 Å². The molecule has 4 nitrogen and oxygen atoms in total. The summed E-state index contributed by atoms with van der Waals surface area (Å²) in [4.78, 5) is 25.1. The monoisotopic (exact) mass is 264 g/mol. The van der Waals surface area contributed by atoms with E-state index in [2.05, 4.69) is 0 Å². The molecule has 0 aromatic heterocycles. The van der Waals surface area contributed by atoms with Crippen LogP contribution in [0.5, 0.6) is 0 Å². The molecule has 19 heavy (non-hydrogen) atoms. The Hall–Kier alpha value is -1.75. The molecule has 2 rings (SSSR count). The number of nitrogens with zero attached hydrogens (tertiary/aromatic N) is 1. The molecule has 1 atom stereocenters. The number of rotatable bonds is 3. The Morgan fingerprint density at radius 1 is 1.32 bits per heavy atom. The predicted molar refractivity (Wildman–Crippen MR) is 68.4 cm³/mol. The van der Waals surface area contributed by atoms with Crippen molar-refractivity contribution >= 4 is 11.8 Å². The molecule has 2 amide bonds. The molecular weight excluding hydrogens is 247 g/mol. The van der Waals surface area contributed by atoms with Gasteiger partial charge in [0.15, 0.2) is 0 Å². The average Bonchev–Trinajstić information content (AvgIpc) is 2.52. The van der Waals surface area contributed by atoms with E-state index in [9.17, 15) is 14.0 Å². The number of likely N-dealkylation sites (tertiary alicyclic amines) is 1. The second-order valence-electron chi connectivity index (χ2n) is 5.53. The van der Waals surface area contributed by atoms with E-state index in [1.54, 1.807) is 26.0 Å². The van der Waals surface area contributed by atoms with Crippen molar-refractivity contribution in [2.75, 3.05) is 6.54 Å². The van der Waals surface area contributed by atoms with Gasteiger partial charge in [-0.2, -0.15) is 0 Å². The number of halogens is 1. The molecule has 0 aliphatic carbocycles. The Morgan fingerprint density at radius 3 is 2.37 bits per heavy atom. The lowest BCUT2D eigenvalue weighted by molar-refractivity contribution is -0.141. The third kappa shape index (κ3) is 2.66. The van der Waals surface area contributed by atoms with E-state index in [0.717, 1.165) is 0 Å². The molecule has 1 unspecified atom stereocenters. The highest BCUT2D eigenvalue weighted by molar-refractivity contribution is 6.05. The lowest BCUT2D eigenvalue weighted by Gasteiger charge is -2.21. The minimum absolute atomic E-state index is 0.132. The molecule has 1 fully saturated rings. The Kier molecular flexibility index (Phi) is 3.41. The molecule has 102 valence electrons. The van der Waals surface area contributed by atoms with Gasteiger partial charge < -0.3 is 5.73 Å². The minimum Gasteiger partial charge on any atom is -0.322 e. The number of carbonyl (C=O) groups is 2. The first-order valence-corrected chi connectivity index (χ1v) is 6.17. The molecular formula is C14H17FN2O2. The van der Waals surface area contributed by atoms with Crippen molar-refractivity contribution in [3.63, 3.8) is 0 Å². The first-order chi connectivity index (χ1) is 8.81. The Labute approximate surface area is 111 Å². The summed E-state index contributed by atoms with van der Waals surface area (Å²) in [6.07, 6.45) is 0.210. The van der Waals surface area contributed by atoms with Crippen molar-refractivity contribution in [3.8, 4) is 0 Å². The fourth-order valence-electron chi connectivity index (χ4n) is 2.22. The van der Waals surface area contributed by atoms with Gasteiger partial charge in [-0.15, -0.1) is 0 Å². The van der Waals surface area contributed by atoms with Crippen LogP contribution >= 0.6 is 0 Å². The van der Waals surface area contributed by atoms with Crippen LogP contribution in [0.2, 0.25) is 0 Å². The highest BCUT2D eigenvalue weighted by Crippen LogP contribution is 2.32. The molecule has 1 aliphatic rings. The quantitative estimate of drug-likeness (QED) is 0.844. The third-order valence-electron chi connectivity index (χ3n) is 3.40. The van der Waals surface area contributed by atoms with Crippen LogP contribution in [-0.2, 0) is 9.59 Å². The molecule has 1 aliphatic heterocycles. The topological polar surface area (TPSA) is 63.4 Å². The number of hydrogen-bond donors (Lipinski definition) is 1. The van der Waals surface area contributed by atoms with Crippen LogP contribution in [0.4, 0.5) is 4.39 Å². The zero-order valence-electron chi connectivity index (χ0n) is 11.0. The molecule has 1 heterocycles. The average molecular weight is 264 g/mol. The van der Waals surface area contributed by atoms with Gasteiger partial charge in [-0.1, -0.05) is 26.0 Å². The van der Waals surface area contributed by atoms with Crippen LogP contribution < -0.4 is 5.73 Å². The maximum absolute atomic E-state index is 12.8. The highest BCUT2D eigenvalue weighted by Gasteiger charge is 2.44. The standard InChI is InChI=1S/C14H17FN2O2/c1-14(2)7-12(18)17(13(14)19)8-11(16)9-3-5-10(15)6-4-9/h3-6,11H,7-8,16H2,1-2H3. The van der Waals surface area contributed by atoms with Gasteiger partial charge in [0.1, 0.15) is 5.82 Å². The number of nitrogens with two attached hydrogens (primary N) is 1. The summed E-state index contributed by atoms with van der Waals surface area (Å²) in [7, 11) is 0. The van der Waals surface area contributed by atoms with E-state index in [-0.39, 0.29) is 30.6 Å². The molecule has 5 heteroatoms. The largest absolute Gasteiger partial charge is 0.322 e. The summed E-state index contributed by atoms with van der Waals surface area (Å²) in [6.45, 7) is 3.63. The van der Waals surface area contributed by atoms with E-state index >= 15 is 0 Å². The number of imide groups is 1. The Bertz CT molecular complexity index is 511. The lowest BCUT2D eigenvalue weighted by Crippen LogP contribution is -2.38. The van der Waals surface area contributed by atoms with Gasteiger partial charge in [0.05, 0.1) is 5.41 Å². The van der Waals surface area contributed by atoms with E-state index in [1.807, 2.05) is 0 Å². The molecule has 1 saturated heterocycles. The third-order valence-corrected chi connectivity index (χ3v) is 3.40. The maximum Gasteiger partial charge on any atom is 0.235 e. The number of benzene rings is 1. The van der Waals surface area contributed by atoms with Crippen molar-refractivity contribution in [2.45, 2.75) is 26.3 Å². The van der Waals surface area contributed by atoms with Gasteiger partial charge in [-0.05, 0) is 17.7 Å². The smallest absolute Gasteiger partial charge is 0.235 e. The van der Waals surface area contributed by atoms with E-state index in [4.69, 9.17) is 5.73 Å². The van der Waals surface area contributed by atoms with Crippen LogP contribution in [0, 0.1) is 11.2 Å². The van der Waals surface area contributed by atoms with Crippen LogP contribution in [0.15, 0.2) is 24.3 Å². The Morgan fingerprint density at radius 2 is 1.89 bits per heavy atom. The van der Waals surface area contributed by atoms with Gasteiger partial charge in [-0.25, -0.2) is 4.39 Å². The molecule has 1 aromatic carbocycles. The van der Waals surface area contributed by atoms with Gasteiger partial charge in [0.25, 0.3) is 0 Å². The zero-order chi connectivity index (χ0) is 14.2. The highest BCUT2D eigenvalue weighted by atomic mass is 19.1. The van der Waals surface area contributed by atoms with Gasteiger partial charge in [0.2, 0.25) is 11.8 Å².